The SMILES string of the molecule is O=S1(=O)CCN2C(c3ccc(OC4CCC(F)(F)CC4)cc3)=CC=CC2=N1. The number of halogens is 2. The lowest BCUT2D eigenvalue weighted by Crippen LogP contribution is -2.38. The summed E-state index contributed by atoms with van der Waals surface area (Å²) in [5.41, 5.74) is 1.78. The first kappa shape index (κ1) is 18.2. The summed E-state index contributed by atoms with van der Waals surface area (Å²) in [6.45, 7) is 0.353. The molecule has 0 unspecified atom stereocenters. The van der Waals surface area contributed by atoms with Crippen molar-refractivity contribution in [3.63, 3.8) is 0 Å². The first-order valence-corrected chi connectivity index (χ1v) is 10.6. The molecule has 2 heterocycles. The second kappa shape index (κ2) is 6.74. The lowest BCUT2D eigenvalue weighted by molar-refractivity contribution is -0.0582. The topological polar surface area (TPSA) is 59.0 Å². The highest BCUT2D eigenvalue weighted by Crippen LogP contribution is 2.35. The van der Waals surface area contributed by atoms with E-state index in [1.807, 2.05) is 35.2 Å². The quantitative estimate of drug-likeness (QED) is 0.786. The molecule has 0 saturated heterocycles. The van der Waals surface area contributed by atoms with Gasteiger partial charge in [0.15, 0.2) is 0 Å². The largest absolute Gasteiger partial charge is 0.490 e. The van der Waals surface area contributed by atoms with Crippen LogP contribution < -0.4 is 4.74 Å². The number of amidine groups is 1. The Bertz CT molecular complexity index is 911. The van der Waals surface area contributed by atoms with Gasteiger partial charge in [0.2, 0.25) is 5.92 Å². The number of rotatable bonds is 3. The Morgan fingerprint density at radius 3 is 2.56 bits per heavy atom. The third-order valence-electron chi connectivity index (χ3n) is 4.99. The van der Waals surface area contributed by atoms with Gasteiger partial charge < -0.3 is 9.64 Å². The monoisotopic (exact) mass is 394 g/mol. The van der Waals surface area contributed by atoms with Crippen LogP contribution in [0.2, 0.25) is 0 Å². The van der Waals surface area contributed by atoms with Crippen molar-refractivity contribution < 1.29 is 21.9 Å². The van der Waals surface area contributed by atoms with Gasteiger partial charge in [0.05, 0.1) is 11.9 Å². The van der Waals surface area contributed by atoms with Gasteiger partial charge in [-0.15, -0.1) is 4.40 Å². The number of hydrogen-bond donors (Lipinski definition) is 0. The summed E-state index contributed by atoms with van der Waals surface area (Å²) in [6.07, 6.45) is 5.63. The van der Waals surface area contributed by atoms with Crippen molar-refractivity contribution in [3.8, 4) is 5.75 Å². The second-order valence-electron chi connectivity index (χ2n) is 7.00. The molecular formula is C19H20F2N2O3S. The third-order valence-corrected chi connectivity index (χ3v) is 6.15. The number of sulfonamides is 1. The number of nitrogens with zero attached hydrogens (tertiary/aromatic N) is 2. The summed E-state index contributed by atoms with van der Waals surface area (Å²) in [6, 6.07) is 7.41. The molecule has 1 saturated carbocycles. The number of allylic oxidation sites excluding steroid dienone is 2. The maximum Gasteiger partial charge on any atom is 0.256 e. The smallest absolute Gasteiger partial charge is 0.256 e. The lowest BCUT2D eigenvalue weighted by Gasteiger charge is -2.32. The van der Waals surface area contributed by atoms with Crippen molar-refractivity contribution in [1.82, 2.24) is 4.90 Å². The van der Waals surface area contributed by atoms with E-state index in [0.717, 1.165) is 11.3 Å². The van der Waals surface area contributed by atoms with Gasteiger partial charge in [0, 0.05) is 25.1 Å². The Kier molecular flexibility index (Phi) is 4.53. The highest BCUT2D eigenvalue weighted by atomic mass is 32.2. The predicted molar refractivity (Wildman–Crippen MR) is 99.3 cm³/mol. The fraction of sp³-hybridized carbons (Fsp3) is 0.421. The number of benzene rings is 1. The normalized spacial score (nSPS) is 24.0. The van der Waals surface area contributed by atoms with E-state index in [2.05, 4.69) is 4.40 Å². The molecule has 1 aliphatic carbocycles. The highest BCUT2D eigenvalue weighted by Gasteiger charge is 2.35. The molecule has 144 valence electrons. The minimum absolute atomic E-state index is 0.0187. The van der Waals surface area contributed by atoms with Gasteiger partial charge in [-0.3, -0.25) is 0 Å². The molecule has 0 atom stereocenters. The Morgan fingerprint density at radius 1 is 1.15 bits per heavy atom. The van der Waals surface area contributed by atoms with E-state index in [1.54, 1.807) is 12.2 Å². The number of fused-ring (bicyclic) bond motifs is 1. The molecule has 0 N–H and O–H groups in total. The summed E-state index contributed by atoms with van der Waals surface area (Å²) in [7, 11) is -3.40. The average Bonchev–Trinajstić information content (AvgIpc) is 2.63. The molecule has 8 heteroatoms. The molecule has 0 bridgehead atoms. The molecule has 1 aromatic rings. The van der Waals surface area contributed by atoms with Gasteiger partial charge in [-0.1, -0.05) is 6.08 Å². The highest BCUT2D eigenvalue weighted by molar-refractivity contribution is 7.90. The van der Waals surface area contributed by atoms with Crippen LogP contribution >= 0.6 is 0 Å². The first-order valence-electron chi connectivity index (χ1n) is 8.95. The minimum atomic E-state index is -3.40. The van der Waals surface area contributed by atoms with E-state index in [1.165, 1.54) is 0 Å². The van der Waals surface area contributed by atoms with Gasteiger partial charge in [-0.05, 0) is 54.8 Å². The summed E-state index contributed by atoms with van der Waals surface area (Å²) in [4.78, 5) is 1.88. The third kappa shape index (κ3) is 4.05. The molecule has 4 rings (SSSR count). The van der Waals surface area contributed by atoms with Gasteiger partial charge >= 0.3 is 0 Å². The molecule has 0 aromatic heterocycles. The van der Waals surface area contributed by atoms with Gasteiger partial charge in [-0.2, -0.15) is 0 Å². The molecule has 3 aliphatic rings. The van der Waals surface area contributed by atoms with Crippen molar-refractivity contribution in [2.75, 3.05) is 12.3 Å². The molecule has 5 nitrogen and oxygen atoms in total. The summed E-state index contributed by atoms with van der Waals surface area (Å²) < 4.78 is 59.5. The van der Waals surface area contributed by atoms with Crippen LogP contribution in [0, 0.1) is 0 Å². The molecule has 2 aliphatic heterocycles. The summed E-state index contributed by atoms with van der Waals surface area (Å²) in [5, 5.41) is 0. The van der Waals surface area contributed by atoms with E-state index < -0.39 is 15.9 Å². The van der Waals surface area contributed by atoms with E-state index in [0.29, 0.717) is 31.0 Å². The van der Waals surface area contributed by atoms with Crippen molar-refractivity contribution >= 4 is 21.6 Å². The lowest BCUT2D eigenvalue weighted by atomic mass is 9.94. The molecule has 0 radical (unpaired) electrons. The average molecular weight is 394 g/mol. The summed E-state index contributed by atoms with van der Waals surface area (Å²) >= 11 is 0. The van der Waals surface area contributed by atoms with Crippen LogP contribution in [0.5, 0.6) is 5.75 Å². The van der Waals surface area contributed by atoms with Crippen molar-refractivity contribution in [3.05, 3.63) is 48.1 Å². The zero-order valence-electron chi connectivity index (χ0n) is 14.6. The fourth-order valence-electron chi connectivity index (χ4n) is 3.52. The van der Waals surface area contributed by atoms with Crippen molar-refractivity contribution in [2.45, 2.75) is 37.7 Å². The molecule has 1 fully saturated rings. The van der Waals surface area contributed by atoms with Crippen LogP contribution in [0.1, 0.15) is 31.2 Å². The Balaban J connectivity index is 1.47. The molecule has 0 spiro atoms. The van der Waals surface area contributed by atoms with Gasteiger partial charge in [0.1, 0.15) is 11.6 Å². The maximum absolute atomic E-state index is 13.2. The number of alkyl halides is 2. The van der Waals surface area contributed by atoms with Crippen LogP contribution in [0.3, 0.4) is 0 Å². The standard InChI is InChI=1S/C19H20F2N2O3S/c20-19(21)10-8-16(9-11-19)26-15-6-4-14(5-7-15)17-2-1-3-18-22-27(24,25)13-12-23(17)18/h1-7,16H,8-13H2. The van der Waals surface area contributed by atoms with Crippen LogP contribution in [-0.2, 0) is 10.0 Å². The van der Waals surface area contributed by atoms with Gasteiger partial charge in [0.25, 0.3) is 10.0 Å². The van der Waals surface area contributed by atoms with Crippen molar-refractivity contribution in [1.29, 1.82) is 0 Å². The minimum Gasteiger partial charge on any atom is -0.490 e. The first-order chi connectivity index (χ1) is 12.8. The van der Waals surface area contributed by atoms with Crippen LogP contribution in [-0.4, -0.2) is 43.5 Å². The predicted octanol–water partition coefficient (Wildman–Crippen LogP) is 3.60. The maximum atomic E-state index is 13.2. The molecular weight excluding hydrogens is 374 g/mol. The fourth-order valence-corrected chi connectivity index (χ4v) is 4.47. The van der Waals surface area contributed by atoms with Crippen LogP contribution in [0.15, 0.2) is 46.9 Å². The number of hydrogen-bond acceptors (Lipinski definition) is 4. The van der Waals surface area contributed by atoms with Gasteiger partial charge in [-0.25, -0.2) is 17.2 Å². The van der Waals surface area contributed by atoms with Crippen LogP contribution in [0.4, 0.5) is 8.78 Å². The van der Waals surface area contributed by atoms with E-state index in [9.17, 15) is 17.2 Å². The molecule has 27 heavy (non-hydrogen) atoms. The van der Waals surface area contributed by atoms with Crippen LogP contribution in [0.25, 0.3) is 5.70 Å². The zero-order chi connectivity index (χ0) is 19.1. The zero-order valence-corrected chi connectivity index (χ0v) is 15.5. The summed E-state index contributed by atoms with van der Waals surface area (Å²) in [5.74, 6) is -1.51. The van der Waals surface area contributed by atoms with Crippen molar-refractivity contribution in [2.24, 2.45) is 4.40 Å². The van der Waals surface area contributed by atoms with E-state index in [-0.39, 0.29) is 24.7 Å². The molecule has 0 amide bonds. The Hall–Kier alpha value is -2.22. The second-order valence-corrected chi connectivity index (χ2v) is 8.75. The Morgan fingerprint density at radius 2 is 1.85 bits per heavy atom. The molecule has 1 aromatic carbocycles. The van der Waals surface area contributed by atoms with E-state index >= 15 is 0 Å². The Labute approximate surface area is 157 Å². The number of ether oxygens (including phenoxy) is 1. The van der Waals surface area contributed by atoms with E-state index in [4.69, 9.17) is 4.74 Å².